The quantitative estimate of drug-likeness (QED) is 0.414. The maximum Gasteiger partial charge on any atom is 0.150 e. The van der Waals surface area contributed by atoms with Gasteiger partial charge in [0.05, 0.1) is 6.61 Å². The molecule has 0 radical (unpaired) electrons. The van der Waals surface area contributed by atoms with Crippen LogP contribution in [0.1, 0.15) is 16.8 Å². The lowest BCUT2D eigenvalue weighted by Gasteiger charge is -2.04. The van der Waals surface area contributed by atoms with Gasteiger partial charge in [0.15, 0.2) is 0 Å². The topological polar surface area (TPSA) is 26.3 Å². The summed E-state index contributed by atoms with van der Waals surface area (Å²) in [6.07, 6.45) is 6.04. The van der Waals surface area contributed by atoms with Crippen LogP contribution in [0, 0.1) is 18.2 Å². The molecule has 1 rings (SSSR count). The van der Waals surface area contributed by atoms with E-state index in [0.717, 1.165) is 6.07 Å². The minimum Gasteiger partial charge on any atom is -0.492 e. The van der Waals surface area contributed by atoms with E-state index in [1.54, 1.807) is 0 Å². The summed E-state index contributed by atoms with van der Waals surface area (Å²) in [6.45, 7) is 0.318. The highest BCUT2D eigenvalue weighted by Crippen LogP contribution is 2.15. The van der Waals surface area contributed by atoms with Gasteiger partial charge in [-0.05, 0) is 12.1 Å². The Morgan fingerprint density at radius 2 is 2.29 bits per heavy atom. The number of hydrogen-bond donors (Lipinski definition) is 0. The van der Waals surface area contributed by atoms with Gasteiger partial charge in [0.25, 0.3) is 0 Å². The molecule has 2 nitrogen and oxygen atoms in total. The number of rotatable bonds is 4. The number of hydrogen-bond acceptors (Lipinski definition) is 2. The van der Waals surface area contributed by atoms with Crippen LogP contribution < -0.4 is 4.74 Å². The van der Waals surface area contributed by atoms with Crippen molar-refractivity contribution in [2.24, 2.45) is 0 Å². The Bertz CT molecular complexity index is 366. The van der Waals surface area contributed by atoms with Crippen molar-refractivity contribution in [3.8, 4) is 18.1 Å². The van der Waals surface area contributed by atoms with Crippen LogP contribution in [0.15, 0.2) is 18.2 Å². The minimum atomic E-state index is -0.495. The van der Waals surface area contributed by atoms with Crippen molar-refractivity contribution in [1.82, 2.24) is 0 Å². The molecule has 0 saturated heterocycles. The van der Waals surface area contributed by atoms with Crippen molar-refractivity contribution in [3.63, 3.8) is 0 Å². The molecule has 1 aromatic rings. The predicted octanol–water partition coefficient (Wildman–Crippen LogP) is 2.04. The molecule has 0 aliphatic carbocycles. The molecule has 0 N–H and O–H groups in total. The highest BCUT2D eigenvalue weighted by atomic mass is 19.1. The maximum atomic E-state index is 12.8. The average Bonchev–Trinajstić information content (AvgIpc) is 2.17. The van der Waals surface area contributed by atoms with Gasteiger partial charge >= 0.3 is 0 Å². The number of carbonyl (C=O) groups is 1. The van der Waals surface area contributed by atoms with Crippen LogP contribution in [0.25, 0.3) is 0 Å². The van der Waals surface area contributed by atoms with Crippen molar-refractivity contribution in [2.75, 3.05) is 6.61 Å². The van der Waals surface area contributed by atoms with Gasteiger partial charge in [-0.25, -0.2) is 4.39 Å². The number of aldehydes is 1. The molecule has 0 aromatic heterocycles. The fourth-order valence-electron chi connectivity index (χ4n) is 0.964. The molecular formula is C11H9FO2. The smallest absolute Gasteiger partial charge is 0.150 e. The number of benzene rings is 1. The van der Waals surface area contributed by atoms with Gasteiger partial charge in [0.1, 0.15) is 17.9 Å². The van der Waals surface area contributed by atoms with Gasteiger partial charge in [0.2, 0.25) is 0 Å². The van der Waals surface area contributed by atoms with Gasteiger partial charge in [-0.2, -0.15) is 0 Å². The van der Waals surface area contributed by atoms with Crippen LogP contribution in [0.4, 0.5) is 4.39 Å². The van der Waals surface area contributed by atoms with E-state index >= 15 is 0 Å². The second-order valence-electron chi connectivity index (χ2n) is 2.64. The predicted molar refractivity (Wildman–Crippen MR) is 50.7 cm³/mol. The van der Waals surface area contributed by atoms with E-state index in [2.05, 4.69) is 5.92 Å². The van der Waals surface area contributed by atoms with Gasteiger partial charge in [0, 0.05) is 18.1 Å². The molecular weight excluding hydrogens is 183 g/mol. The first-order valence-corrected chi connectivity index (χ1v) is 4.08. The van der Waals surface area contributed by atoms with Crippen molar-refractivity contribution >= 4 is 6.29 Å². The third-order valence-electron chi connectivity index (χ3n) is 1.54. The van der Waals surface area contributed by atoms with E-state index < -0.39 is 5.82 Å². The Morgan fingerprint density at radius 1 is 1.50 bits per heavy atom. The van der Waals surface area contributed by atoms with Crippen LogP contribution in [-0.2, 0) is 0 Å². The van der Waals surface area contributed by atoms with Gasteiger partial charge < -0.3 is 4.74 Å². The van der Waals surface area contributed by atoms with Gasteiger partial charge in [-0.3, -0.25) is 4.79 Å². The fraction of sp³-hybridized carbons (Fsp3) is 0.182. The van der Waals surface area contributed by atoms with Gasteiger partial charge in [-0.15, -0.1) is 12.3 Å². The zero-order valence-electron chi connectivity index (χ0n) is 7.50. The van der Waals surface area contributed by atoms with Crippen LogP contribution >= 0.6 is 0 Å². The van der Waals surface area contributed by atoms with Crippen molar-refractivity contribution < 1.29 is 13.9 Å². The lowest BCUT2D eigenvalue weighted by molar-refractivity contribution is 0.112. The molecule has 0 bridgehead atoms. The zero-order valence-corrected chi connectivity index (χ0v) is 7.50. The Morgan fingerprint density at radius 3 is 2.93 bits per heavy atom. The summed E-state index contributed by atoms with van der Waals surface area (Å²) in [7, 11) is 0. The summed E-state index contributed by atoms with van der Waals surface area (Å²) >= 11 is 0. The maximum absolute atomic E-state index is 12.8. The zero-order chi connectivity index (χ0) is 10.4. The molecule has 1 aromatic carbocycles. The molecule has 0 saturated carbocycles. The van der Waals surface area contributed by atoms with Gasteiger partial charge in [-0.1, -0.05) is 0 Å². The Hall–Kier alpha value is -1.82. The molecule has 14 heavy (non-hydrogen) atoms. The normalized spacial score (nSPS) is 9.14. The van der Waals surface area contributed by atoms with Crippen LogP contribution in [-0.4, -0.2) is 12.9 Å². The van der Waals surface area contributed by atoms with Crippen LogP contribution in [0.2, 0.25) is 0 Å². The number of halogens is 1. The minimum absolute atomic E-state index is 0.251. The molecule has 0 heterocycles. The molecule has 0 amide bonds. The molecule has 0 atom stereocenters. The summed E-state index contributed by atoms with van der Waals surface area (Å²) < 4.78 is 18.0. The number of terminal acetylenes is 1. The van der Waals surface area contributed by atoms with E-state index in [-0.39, 0.29) is 5.56 Å². The van der Waals surface area contributed by atoms with Crippen molar-refractivity contribution in [2.45, 2.75) is 6.42 Å². The summed E-state index contributed by atoms with van der Waals surface area (Å²) in [5.41, 5.74) is 0.251. The van der Waals surface area contributed by atoms with E-state index in [4.69, 9.17) is 11.2 Å². The largest absolute Gasteiger partial charge is 0.492 e. The molecule has 0 fully saturated rings. The van der Waals surface area contributed by atoms with E-state index in [0.29, 0.717) is 25.1 Å². The van der Waals surface area contributed by atoms with E-state index in [1.807, 2.05) is 0 Å². The first-order valence-electron chi connectivity index (χ1n) is 4.08. The SMILES string of the molecule is C#CCCOc1cc(F)cc(C=O)c1. The molecule has 3 heteroatoms. The second-order valence-corrected chi connectivity index (χ2v) is 2.64. The first kappa shape index (κ1) is 10.3. The highest BCUT2D eigenvalue weighted by molar-refractivity contribution is 5.75. The standard InChI is InChI=1S/C11H9FO2/c1-2-3-4-14-11-6-9(8-13)5-10(12)7-11/h1,5-8H,3-4H2. The van der Waals surface area contributed by atoms with Crippen molar-refractivity contribution in [1.29, 1.82) is 0 Å². The lowest BCUT2D eigenvalue weighted by atomic mass is 10.2. The number of carbonyl (C=O) groups excluding carboxylic acids is 1. The van der Waals surface area contributed by atoms with E-state index in [1.165, 1.54) is 12.1 Å². The highest BCUT2D eigenvalue weighted by Gasteiger charge is 2.00. The summed E-state index contributed by atoms with van der Waals surface area (Å²) in [6, 6.07) is 3.82. The average molecular weight is 192 g/mol. The second kappa shape index (κ2) is 5.03. The number of ether oxygens (including phenoxy) is 1. The lowest BCUT2D eigenvalue weighted by Crippen LogP contribution is -1.97. The molecule has 72 valence electrons. The molecule has 0 unspecified atom stereocenters. The van der Waals surface area contributed by atoms with E-state index in [9.17, 15) is 9.18 Å². The van der Waals surface area contributed by atoms with Crippen LogP contribution in [0.3, 0.4) is 0 Å². The fourth-order valence-corrected chi connectivity index (χ4v) is 0.964. The summed E-state index contributed by atoms with van der Waals surface area (Å²) in [4.78, 5) is 10.4. The third kappa shape index (κ3) is 2.91. The van der Waals surface area contributed by atoms with Crippen LogP contribution in [0.5, 0.6) is 5.75 Å². The summed E-state index contributed by atoms with van der Waals surface area (Å²) in [5.74, 6) is 2.22. The monoisotopic (exact) mass is 192 g/mol. The summed E-state index contributed by atoms with van der Waals surface area (Å²) in [5, 5.41) is 0. The third-order valence-corrected chi connectivity index (χ3v) is 1.54. The Kier molecular flexibility index (Phi) is 3.69. The molecule has 0 aliphatic heterocycles. The Labute approximate surface area is 81.7 Å². The molecule has 0 aliphatic rings. The molecule has 0 spiro atoms. The first-order chi connectivity index (χ1) is 6.76. The Balaban J connectivity index is 2.72. The van der Waals surface area contributed by atoms with Crippen molar-refractivity contribution in [3.05, 3.63) is 29.6 Å².